The van der Waals surface area contributed by atoms with Gasteiger partial charge >= 0.3 is 6.08 Å². The second-order valence-corrected chi connectivity index (χ2v) is 6.65. The number of halogens is 3. The van der Waals surface area contributed by atoms with E-state index in [-0.39, 0.29) is 0 Å². The molecule has 1 aromatic carbocycles. The second-order valence-electron chi connectivity index (χ2n) is 6.65. The number of allylic oxidation sites excluding steroid dienone is 2. The van der Waals surface area contributed by atoms with Crippen molar-refractivity contribution in [2.45, 2.75) is 57.8 Å². The molecule has 1 fully saturated rings. The Labute approximate surface area is 148 Å². The minimum absolute atomic E-state index is 0.315. The van der Waals surface area contributed by atoms with Gasteiger partial charge in [0.05, 0.1) is 0 Å². The molecule has 4 heteroatoms. The summed E-state index contributed by atoms with van der Waals surface area (Å²) < 4.78 is 43.7. The van der Waals surface area contributed by atoms with Crippen LogP contribution in [0.3, 0.4) is 0 Å². The Bertz CT molecular complexity index is 565. The molecule has 0 N–H and O–H groups in total. The summed E-state index contributed by atoms with van der Waals surface area (Å²) in [5, 5.41) is 0. The highest BCUT2D eigenvalue weighted by Gasteiger charge is 2.27. The van der Waals surface area contributed by atoms with Crippen molar-refractivity contribution in [1.29, 1.82) is 0 Å². The van der Waals surface area contributed by atoms with Crippen molar-refractivity contribution in [3.8, 4) is 5.75 Å². The van der Waals surface area contributed by atoms with Crippen molar-refractivity contribution >= 4 is 0 Å². The highest BCUT2D eigenvalue weighted by Crippen LogP contribution is 2.40. The molecule has 1 aromatic rings. The average molecular weight is 352 g/mol. The lowest BCUT2D eigenvalue weighted by Crippen LogP contribution is -2.14. The SMILES string of the molecule is CCCC/C=C/COc1ccc(C2CCC(C(F)=C(F)F)CC2)cc1. The van der Waals surface area contributed by atoms with Crippen molar-refractivity contribution in [3.05, 3.63) is 53.9 Å². The summed E-state index contributed by atoms with van der Waals surface area (Å²) in [7, 11) is 0. The van der Waals surface area contributed by atoms with E-state index in [2.05, 4.69) is 13.0 Å². The maximum absolute atomic E-state index is 13.3. The van der Waals surface area contributed by atoms with E-state index in [9.17, 15) is 13.2 Å². The van der Waals surface area contributed by atoms with E-state index in [1.165, 1.54) is 18.4 Å². The number of benzene rings is 1. The summed E-state index contributed by atoms with van der Waals surface area (Å²) in [6.45, 7) is 2.74. The summed E-state index contributed by atoms with van der Waals surface area (Å²) in [4.78, 5) is 0. The van der Waals surface area contributed by atoms with Gasteiger partial charge in [-0.2, -0.15) is 8.78 Å². The summed E-state index contributed by atoms with van der Waals surface area (Å²) in [6, 6.07) is 7.96. The molecule has 1 nitrogen and oxygen atoms in total. The maximum Gasteiger partial charge on any atom is 0.301 e. The fourth-order valence-corrected chi connectivity index (χ4v) is 3.32. The van der Waals surface area contributed by atoms with Gasteiger partial charge in [0.25, 0.3) is 0 Å². The van der Waals surface area contributed by atoms with Crippen molar-refractivity contribution in [2.75, 3.05) is 6.61 Å². The molecule has 0 saturated heterocycles. The number of hydrogen-bond acceptors (Lipinski definition) is 1. The molecule has 2 rings (SSSR count). The van der Waals surface area contributed by atoms with Gasteiger partial charge in [0, 0.05) is 5.92 Å². The van der Waals surface area contributed by atoms with Crippen LogP contribution in [-0.2, 0) is 0 Å². The molecule has 0 aromatic heterocycles. The van der Waals surface area contributed by atoms with Crippen LogP contribution in [0.25, 0.3) is 0 Å². The van der Waals surface area contributed by atoms with Gasteiger partial charge in [-0.3, -0.25) is 0 Å². The first kappa shape index (κ1) is 19.6. The average Bonchev–Trinajstić information content (AvgIpc) is 2.64. The lowest BCUT2D eigenvalue weighted by Gasteiger charge is -2.27. The summed E-state index contributed by atoms with van der Waals surface area (Å²) in [5.41, 5.74) is 1.18. The molecule has 0 unspecified atom stereocenters. The van der Waals surface area contributed by atoms with Crippen LogP contribution in [0.15, 0.2) is 48.3 Å². The van der Waals surface area contributed by atoms with Crippen LogP contribution in [0, 0.1) is 5.92 Å². The van der Waals surface area contributed by atoms with E-state index in [0.717, 1.165) is 25.0 Å². The molecule has 1 saturated carbocycles. The third-order valence-corrected chi connectivity index (χ3v) is 4.85. The molecular formula is C21H27F3O. The Kier molecular flexibility index (Phi) is 8.10. The molecule has 1 aliphatic carbocycles. The van der Waals surface area contributed by atoms with Gasteiger partial charge in [0.15, 0.2) is 5.83 Å². The van der Waals surface area contributed by atoms with E-state index < -0.39 is 17.8 Å². The fourth-order valence-electron chi connectivity index (χ4n) is 3.32. The Hall–Kier alpha value is -1.71. The van der Waals surface area contributed by atoms with Crippen LogP contribution < -0.4 is 4.74 Å². The number of ether oxygens (including phenoxy) is 1. The van der Waals surface area contributed by atoms with Crippen molar-refractivity contribution in [1.82, 2.24) is 0 Å². The van der Waals surface area contributed by atoms with E-state index in [0.29, 0.717) is 25.4 Å². The number of rotatable bonds is 8. The smallest absolute Gasteiger partial charge is 0.301 e. The highest BCUT2D eigenvalue weighted by molar-refractivity contribution is 5.30. The Balaban J connectivity index is 1.79. The standard InChI is InChI=1S/C21H27F3O/c1-2-3-4-5-6-15-25-19-13-11-17(12-14-19)16-7-9-18(10-8-16)20(22)21(23)24/h5-6,11-14,16,18H,2-4,7-10,15H2,1H3/b6-5+. The van der Waals surface area contributed by atoms with Gasteiger partial charge in [-0.1, -0.05) is 44.1 Å². The van der Waals surface area contributed by atoms with E-state index >= 15 is 0 Å². The van der Waals surface area contributed by atoms with Crippen molar-refractivity contribution < 1.29 is 17.9 Å². The lowest BCUT2D eigenvalue weighted by molar-refractivity contribution is 0.281. The molecule has 0 amide bonds. The predicted molar refractivity (Wildman–Crippen MR) is 95.7 cm³/mol. The van der Waals surface area contributed by atoms with Gasteiger partial charge in [-0.15, -0.1) is 0 Å². The minimum Gasteiger partial charge on any atom is -0.490 e. The third-order valence-electron chi connectivity index (χ3n) is 4.85. The van der Waals surface area contributed by atoms with Crippen LogP contribution in [0.1, 0.15) is 63.4 Å². The predicted octanol–water partition coefficient (Wildman–Crippen LogP) is 7.16. The van der Waals surface area contributed by atoms with Crippen molar-refractivity contribution in [2.24, 2.45) is 5.92 Å². The molecule has 0 bridgehead atoms. The zero-order chi connectivity index (χ0) is 18.1. The van der Waals surface area contributed by atoms with Gasteiger partial charge in [-0.25, -0.2) is 4.39 Å². The molecule has 0 atom stereocenters. The lowest BCUT2D eigenvalue weighted by atomic mass is 9.78. The van der Waals surface area contributed by atoms with E-state index in [1.54, 1.807) is 0 Å². The van der Waals surface area contributed by atoms with Crippen molar-refractivity contribution in [3.63, 3.8) is 0 Å². The van der Waals surface area contributed by atoms with Gasteiger partial charge < -0.3 is 4.74 Å². The van der Waals surface area contributed by atoms with Gasteiger partial charge in [0.1, 0.15) is 12.4 Å². The van der Waals surface area contributed by atoms with Crippen LogP contribution in [0.5, 0.6) is 5.75 Å². The molecule has 0 aliphatic heterocycles. The fraction of sp³-hybridized carbons (Fsp3) is 0.524. The quantitative estimate of drug-likeness (QED) is 0.356. The van der Waals surface area contributed by atoms with Crippen LogP contribution in [0.2, 0.25) is 0 Å². The molecule has 0 heterocycles. The molecule has 0 spiro atoms. The summed E-state index contributed by atoms with van der Waals surface area (Å²) in [5.74, 6) is -0.682. The first-order valence-electron chi connectivity index (χ1n) is 9.20. The summed E-state index contributed by atoms with van der Waals surface area (Å²) in [6.07, 6.45) is 7.95. The number of unbranched alkanes of at least 4 members (excludes halogenated alkanes) is 2. The molecule has 25 heavy (non-hydrogen) atoms. The zero-order valence-corrected chi connectivity index (χ0v) is 14.8. The first-order valence-corrected chi connectivity index (χ1v) is 9.20. The normalized spacial score (nSPS) is 20.6. The Morgan fingerprint density at radius 1 is 1.04 bits per heavy atom. The van der Waals surface area contributed by atoms with Crippen LogP contribution in [0.4, 0.5) is 13.2 Å². The summed E-state index contributed by atoms with van der Waals surface area (Å²) >= 11 is 0. The topological polar surface area (TPSA) is 9.23 Å². The maximum atomic E-state index is 13.3. The van der Waals surface area contributed by atoms with Gasteiger partial charge in [0.2, 0.25) is 0 Å². The van der Waals surface area contributed by atoms with Crippen LogP contribution in [-0.4, -0.2) is 6.61 Å². The zero-order valence-electron chi connectivity index (χ0n) is 14.8. The highest BCUT2D eigenvalue weighted by atomic mass is 19.3. The Morgan fingerprint density at radius 2 is 1.72 bits per heavy atom. The van der Waals surface area contributed by atoms with Crippen LogP contribution >= 0.6 is 0 Å². The first-order chi connectivity index (χ1) is 12.1. The third kappa shape index (κ3) is 6.26. The molecule has 0 radical (unpaired) electrons. The minimum atomic E-state index is -2.16. The van der Waals surface area contributed by atoms with Gasteiger partial charge in [-0.05, 0) is 55.7 Å². The monoisotopic (exact) mass is 352 g/mol. The largest absolute Gasteiger partial charge is 0.490 e. The molecule has 138 valence electrons. The Morgan fingerprint density at radius 3 is 2.32 bits per heavy atom. The molecular weight excluding hydrogens is 325 g/mol. The second kappa shape index (κ2) is 10.3. The number of hydrogen-bond donors (Lipinski definition) is 0. The van der Waals surface area contributed by atoms with E-state index in [4.69, 9.17) is 4.74 Å². The van der Waals surface area contributed by atoms with E-state index in [1.807, 2.05) is 30.3 Å². The molecule has 1 aliphatic rings.